The molecule has 0 heterocycles. The summed E-state index contributed by atoms with van der Waals surface area (Å²) in [5.74, 6) is -0.671. The average Bonchev–Trinajstić information content (AvgIpc) is 2.47. The summed E-state index contributed by atoms with van der Waals surface area (Å²) in [5, 5.41) is 23.0. The standard InChI is InChI=1S/C14H14ClN3O3/c15-10-5-4-6-11(18(20)21)12(10)13(19)17-14(9-16)7-2-1-3-8-14/h4-6H,1-3,7-8H2,(H,17,19). The number of nitro groups is 1. The number of benzene rings is 1. The third-order valence-electron chi connectivity index (χ3n) is 3.69. The summed E-state index contributed by atoms with van der Waals surface area (Å²) in [6, 6.07) is 6.20. The van der Waals surface area contributed by atoms with E-state index in [0.717, 1.165) is 19.3 Å². The van der Waals surface area contributed by atoms with E-state index in [0.29, 0.717) is 12.8 Å². The number of carbonyl (C=O) groups is 1. The smallest absolute Gasteiger partial charge is 0.283 e. The zero-order valence-electron chi connectivity index (χ0n) is 11.3. The molecule has 1 N–H and O–H groups in total. The predicted molar refractivity (Wildman–Crippen MR) is 77.0 cm³/mol. The normalized spacial score (nSPS) is 16.8. The Morgan fingerprint density at radius 3 is 2.62 bits per heavy atom. The minimum Gasteiger partial charge on any atom is -0.333 e. The number of nitro benzene ring substituents is 1. The summed E-state index contributed by atoms with van der Waals surface area (Å²) in [5.41, 5.74) is -1.50. The molecule has 7 heteroatoms. The van der Waals surface area contributed by atoms with Crippen LogP contribution in [0.2, 0.25) is 5.02 Å². The fourth-order valence-corrected chi connectivity index (χ4v) is 2.84. The van der Waals surface area contributed by atoms with Gasteiger partial charge in [-0.25, -0.2) is 0 Å². The summed E-state index contributed by atoms with van der Waals surface area (Å²) in [6.07, 6.45) is 3.81. The Bertz CT molecular complexity index is 618. The van der Waals surface area contributed by atoms with Crippen molar-refractivity contribution in [3.63, 3.8) is 0 Å². The molecule has 0 unspecified atom stereocenters. The van der Waals surface area contributed by atoms with Gasteiger partial charge in [-0.3, -0.25) is 14.9 Å². The van der Waals surface area contributed by atoms with E-state index in [1.807, 2.05) is 0 Å². The molecule has 2 rings (SSSR count). The molecule has 0 spiro atoms. The minimum atomic E-state index is -0.956. The van der Waals surface area contributed by atoms with Gasteiger partial charge in [-0.2, -0.15) is 5.26 Å². The highest BCUT2D eigenvalue weighted by Crippen LogP contribution is 2.30. The van der Waals surface area contributed by atoms with Crippen molar-refractivity contribution in [3.8, 4) is 6.07 Å². The van der Waals surface area contributed by atoms with E-state index in [1.165, 1.54) is 18.2 Å². The van der Waals surface area contributed by atoms with Gasteiger partial charge in [-0.15, -0.1) is 0 Å². The van der Waals surface area contributed by atoms with Crippen LogP contribution in [0.15, 0.2) is 18.2 Å². The Labute approximate surface area is 126 Å². The third kappa shape index (κ3) is 3.14. The van der Waals surface area contributed by atoms with E-state index < -0.39 is 16.4 Å². The molecular formula is C14H14ClN3O3. The van der Waals surface area contributed by atoms with E-state index in [1.54, 1.807) is 0 Å². The molecule has 6 nitrogen and oxygen atoms in total. The van der Waals surface area contributed by atoms with Gasteiger partial charge in [0.15, 0.2) is 0 Å². The highest BCUT2D eigenvalue weighted by Gasteiger charge is 2.36. The lowest BCUT2D eigenvalue weighted by Crippen LogP contribution is -2.48. The second-order valence-corrected chi connectivity index (χ2v) is 5.51. The van der Waals surface area contributed by atoms with Crippen LogP contribution in [0.25, 0.3) is 0 Å². The zero-order valence-corrected chi connectivity index (χ0v) is 12.0. The Morgan fingerprint density at radius 1 is 1.38 bits per heavy atom. The van der Waals surface area contributed by atoms with E-state index in [2.05, 4.69) is 11.4 Å². The van der Waals surface area contributed by atoms with Crippen molar-refractivity contribution < 1.29 is 9.72 Å². The van der Waals surface area contributed by atoms with Gasteiger partial charge in [0.2, 0.25) is 0 Å². The number of hydrogen-bond acceptors (Lipinski definition) is 4. The van der Waals surface area contributed by atoms with Crippen molar-refractivity contribution in [2.75, 3.05) is 0 Å². The van der Waals surface area contributed by atoms with Crippen LogP contribution in [0.3, 0.4) is 0 Å². The quantitative estimate of drug-likeness (QED) is 0.685. The van der Waals surface area contributed by atoms with Gasteiger partial charge in [-0.05, 0) is 18.9 Å². The lowest BCUT2D eigenvalue weighted by atomic mass is 9.82. The Kier molecular flexibility index (Phi) is 4.43. The first-order valence-corrected chi connectivity index (χ1v) is 7.03. The molecule has 0 atom stereocenters. The molecule has 0 radical (unpaired) electrons. The van der Waals surface area contributed by atoms with Crippen LogP contribution in [-0.4, -0.2) is 16.4 Å². The van der Waals surface area contributed by atoms with Crippen LogP contribution in [0.1, 0.15) is 42.5 Å². The third-order valence-corrected chi connectivity index (χ3v) is 4.00. The van der Waals surface area contributed by atoms with Gasteiger partial charge in [0.25, 0.3) is 11.6 Å². The van der Waals surface area contributed by atoms with E-state index in [-0.39, 0.29) is 16.3 Å². The molecule has 0 aliphatic heterocycles. The topological polar surface area (TPSA) is 96.0 Å². The molecule has 1 aliphatic carbocycles. The Balaban J connectivity index is 2.33. The largest absolute Gasteiger partial charge is 0.333 e. The van der Waals surface area contributed by atoms with Crippen LogP contribution in [0.4, 0.5) is 5.69 Å². The molecule has 1 aromatic carbocycles. The van der Waals surface area contributed by atoms with E-state index in [4.69, 9.17) is 11.6 Å². The highest BCUT2D eigenvalue weighted by molar-refractivity contribution is 6.34. The molecule has 1 aromatic rings. The van der Waals surface area contributed by atoms with Crippen molar-refractivity contribution in [1.29, 1.82) is 5.26 Å². The first kappa shape index (κ1) is 15.3. The van der Waals surface area contributed by atoms with Gasteiger partial charge < -0.3 is 5.32 Å². The number of nitrogens with zero attached hydrogens (tertiary/aromatic N) is 2. The molecule has 21 heavy (non-hydrogen) atoms. The minimum absolute atomic E-state index is 0.00518. The summed E-state index contributed by atoms with van der Waals surface area (Å²) in [7, 11) is 0. The number of nitriles is 1. The van der Waals surface area contributed by atoms with Crippen LogP contribution in [0, 0.1) is 21.4 Å². The van der Waals surface area contributed by atoms with E-state index in [9.17, 15) is 20.2 Å². The van der Waals surface area contributed by atoms with Gasteiger partial charge in [0.1, 0.15) is 11.1 Å². The second kappa shape index (κ2) is 6.10. The summed E-state index contributed by atoms with van der Waals surface area (Å²) >= 11 is 5.93. The lowest BCUT2D eigenvalue weighted by molar-refractivity contribution is -0.385. The summed E-state index contributed by atoms with van der Waals surface area (Å²) < 4.78 is 0. The first-order chi connectivity index (χ1) is 9.99. The Hall–Kier alpha value is -2.13. The molecule has 0 aromatic heterocycles. The SMILES string of the molecule is N#CC1(NC(=O)c2c(Cl)cccc2[N+](=O)[O-])CCCCC1. The van der Waals surface area contributed by atoms with Gasteiger partial charge >= 0.3 is 0 Å². The number of rotatable bonds is 3. The maximum atomic E-state index is 12.4. The van der Waals surface area contributed by atoms with Gasteiger partial charge in [-0.1, -0.05) is 36.9 Å². The molecule has 1 aliphatic rings. The number of hydrogen-bond donors (Lipinski definition) is 1. The van der Waals surface area contributed by atoms with Crippen LogP contribution in [-0.2, 0) is 0 Å². The van der Waals surface area contributed by atoms with Crippen LogP contribution in [0.5, 0.6) is 0 Å². The maximum Gasteiger partial charge on any atom is 0.283 e. The van der Waals surface area contributed by atoms with Crippen molar-refractivity contribution in [1.82, 2.24) is 5.32 Å². The predicted octanol–water partition coefficient (Wildman–Crippen LogP) is 3.20. The zero-order chi connectivity index (χ0) is 15.5. The molecule has 0 saturated heterocycles. The number of halogens is 1. The molecular weight excluding hydrogens is 294 g/mol. The number of amides is 1. The summed E-state index contributed by atoms with van der Waals surface area (Å²) in [4.78, 5) is 22.7. The highest BCUT2D eigenvalue weighted by atomic mass is 35.5. The first-order valence-electron chi connectivity index (χ1n) is 6.66. The van der Waals surface area contributed by atoms with E-state index >= 15 is 0 Å². The van der Waals surface area contributed by atoms with Crippen molar-refractivity contribution in [3.05, 3.63) is 38.9 Å². The maximum absolute atomic E-state index is 12.4. The van der Waals surface area contributed by atoms with Crippen molar-refractivity contribution >= 4 is 23.2 Å². The molecule has 1 saturated carbocycles. The average molecular weight is 308 g/mol. The van der Waals surface area contributed by atoms with Crippen LogP contribution >= 0.6 is 11.6 Å². The monoisotopic (exact) mass is 307 g/mol. The molecule has 0 bridgehead atoms. The molecule has 1 fully saturated rings. The molecule has 1 amide bonds. The van der Waals surface area contributed by atoms with Gasteiger partial charge in [0.05, 0.1) is 16.0 Å². The van der Waals surface area contributed by atoms with Crippen LogP contribution < -0.4 is 5.32 Å². The number of nitrogens with one attached hydrogen (secondary N) is 1. The van der Waals surface area contributed by atoms with Crippen molar-refractivity contribution in [2.45, 2.75) is 37.6 Å². The number of carbonyl (C=O) groups excluding carboxylic acids is 1. The van der Waals surface area contributed by atoms with Crippen molar-refractivity contribution in [2.24, 2.45) is 0 Å². The molecule has 110 valence electrons. The fraction of sp³-hybridized carbons (Fsp3) is 0.429. The Morgan fingerprint density at radius 2 is 2.05 bits per heavy atom. The fourth-order valence-electron chi connectivity index (χ4n) is 2.59. The summed E-state index contributed by atoms with van der Waals surface area (Å²) in [6.45, 7) is 0. The second-order valence-electron chi connectivity index (χ2n) is 5.10. The van der Waals surface area contributed by atoms with Gasteiger partial charge in [0, 0.05) is 6.07 Å². The lowest BCUT2D eigenvalue weighted by Gasteiger charge is -2.31.